The van der Waals surface area contributed by atoms with E-state index in [-0.39, 0.29) is 11.9 Å². The molecular weight excluding hydrogens is 265 g/mol. The van der Waals surface area contributed by atoms with Crippen LogP contribution in [0.15, 0.2) is 18.2 Å². The van der Waals surface area contributed by atoms with Crippen molar-refractivity contribution in [3.05, 3.63) is 29.6 Å². The standard InChI is InChI=1S/C17H28FN3/c1-4-13(19)11-15-16(18)8-5-9-17(15)21(3)12-14-7-6-10-20(14)2/h5,8-9,13-14H,4,6-7,10-12,19H2,1-3H3. The molecule has 0 aromatic heterocycles. The van der Waals surface area contributed by atoms with E-state index in [0.717, 1.165) is 30.8 Å². The Morgan fingerprint density at radius 2 is 2.24 bits per heavy atom. The van der Waals surface area contributed by atoms with E-state index in [1.165, 1.54) is 18.9 Å². The van der Waals surface area contributed by atoms with Crippen molar-refractivity contribution < 1.29 is 4.39 Å². The van der Waals surface area contributed by atoms with Crippen molar-refractivity contribution in [2.75, 3.05) is 32.1 Å². The smallest absolute Gasteiger partial charge is 0.128 e. The number of nitrogens with two attached hydrogens (primary N) is 1. The second kappa shape index (κ2) is 7.23. The van der Waals surface area contributed by atoms with Crippen LogP contribution in [0.1, 0.15) is 31.7 Å². The zero-order valence-electron chi connectivity index (χ0n) is 13.5. The number of hydrogen-bond donors (Lipinski definition) is 1. The third kappa shape index (κ3) is 3.95. The topological polar surface area (TPSA) is 32.5 Å². The van der Waals surface area contributed by atoms with Gasteiger partial charge >= 0.3 is 0 Å². The third-order valence-electron chi connectivity index (χ3n) is 4.65. The van der Waals surface area contributed by atoms with Gasteiger partial charge in [0.1, 0.15) is 5.82 Å². The molecule has 0 amide bonds. The van der Waals surface area contributed by atoms with Crippen molar-refractivity contribution in [1.29, 1.82) is 0 Å². The minimum absolute atomic E-state index is 0.0169. The number of likely N-dealkylation sites (N-methyl/N-ethyl adjacent to an activating group) is 2. The fourth-order valence-corrected chi connectivity index (χ4v) is 3.14. The maximum Gasteiger partial charge on any atom is 0.128 e. The number of halogens is 1. The monoisotopic (exact) mass is 293 g/mol. The summed E-state index contributed by atoms with van der Waals surface area (Å²) in [6, 6.07) is 5.92. The number of benzene rings is 1. The Morgan fingerprint density at radius 1 is 1.48 bits per heavy atom. The molecule has 1 aliphatic rings. The molecule has 2 atom stereocenters. The van der Waals surface area contributed by atoms with Gasteiger partial charge in [0.05, 0.1) is 0 Å². The van der Waals surface area contributed by atoms with Gasteiger partial charge in [0.25, 0.3) is 0 Å². The highest BCUT2D eigenvalue weighted by atomic mass is 19.1. The molecule has 1 saturated heterocycles. The van der Waals surface area contributed by atoms with Crippen LogP contribution in [0.4, 0.5) is 10.1 Å². The first kappa shape index (κ1) is 16.2. The largest absolute Gasteiger partial charge is 0.373 e. The molecule has 2 rings (SSSR count). The van der Waals surface area contributed by atoms with Crippen LogP contribution in [0.25, 0.3) is 0 Å². The Balaban J connectivity index is 2.15. The average Bonchev–Trinajstić information content (AvgIpc) is 2.86. The molecular formula is C17H28FN3. The summed E-state index contributed by atoms with van der Waals surface area (Å²) in [4.78, 5) is 4.58. The van der Waals surface area contributed by atoms with Crippen molar-refractivity contribution in [1.82, 2.24) is 4.90 Å². The number of rotatable bonds is 6. The van der Waals surface area contributed by atoms with Gasteiger partial charge in [0.15, 0.2) is 0 Å². The maximum absolute atomic E-state index is 14.2. The van der Waals surface area contributed by atoms with Gasteiger partial charge in [-0.3, -0.25) is 0 Å². The highest BCUT2D eigenvalue weighted by Gasteiger charge is 2.23. The van der Waals surface area contributed by atoms with Crippen molar-refractivity contribution >= 4 is 5.69 Å². The van der Waals surface area contributed by atoms with E-state index in [1.54, 1.807) is 6.07 Å². The van der Waals surface area contributed by atoms with Crippen LogP contribution < -0.4 is 10.6 Å². The Bertz CT molecular complexity index is 463. The highest BCUT2D eigenvalue weighted by Crippen LogP contribution is 2.26. The van der Waals surface area contributed by atoms with Gasteiger partial charge < -0.3 is 15.5 Å². The third-order valence-corrected chi connectivity index (χ3v) is 4.65. The van der Waals surface area contributed by atoms with Crippen molar-refractivity contribution in [2.24, 2.45) is 5.73 Å². The minimum Gasteiger partial charge on any atom is -0.373 e. The van der Waals surface area contributed by atoms with Crippen LogP contribution in [-0.2, 0) is 6.42 Å². The average molecular weight is 293 g/mol. The number of likely N-dealkylation sites (tertiary alicyclic amines) is 1. The minimum atomic E-state index is -0.136. The molecule has 3 nitrogen and oxygen atoms in total. The molecule has 2 unspecified atom stereocenters. The van der Waals surface area contributed by atoms with Crippen LogP contribution in [0.5, 0.6) is 0 Å². The van der Waals surface area contributed by atoms with E-state index in [1.807, 2.05) is 13.0 Å². The number of anilines is 1. The van der Waals surface area contributed by atoms with Gasteiger partial charge in [-0.2, -0.15) is 0 Å². The summed E-state index contributed by atoms with van der Waals surface area (Å²) in [5, 5.41) is 0. The normalized spacial score (nSPS) is 20.7. The quantitative estimate of drug-likeness (QED) is 0.875. The van der Waals surface area contributed by atoms with E-state index in [9.17, 15) is 4.39 Å². The van der Waals surface area contributed by atoms with Crippen LogP contribution in [0, 0.1) is 5.82 Å². The second-order valence-corrected chi connectivity index (χ2v) is 6.27. The molecule has 2 N–H and O–H groups in total. The van der Waals surface area contributed by atoms with Crippen molar-refractivity contribution in [3.8, 4) is 0 Å². The summed E-state index contributed by atoms with van der Waals surface area (Å²) < 4.78 is 14.2. The first-order valence-electron chi connectivity index (χ1n) is 7.97. The molecule has 1 aromatic rings. The molecule has 4 heteroatoms. The first-order chi connectivity index (χ1) is 10.0. The Kier molecular flexibility index (Phi) is 5.59. The van der Waals surface area contributed by atoms with Gasteiger partial charge in [0, 0.05) is 36.9 Å². The van der Waals surface area contributed by atoms with E-state index >= 15 is 0 Å². The lowest BCUT2D eigenvalue weighted by molar-refractivity contribution is 0.314. The van der Waals surface area contributed by atoms with E-state index in [0.29, 0.717) is 12.5 Å². The Morgan fingerprint density at radius 3 is 2.86 bits per heavy atom. The molecule has 0 bridgehead atoms. The summed E-state index contributed by atoms with van der Waals surface area (Å²) >= 11 is 0. The molecule has 1 aliphatic heterocycles. The second-order valence-electron chi connectivity index (χ2n) is 6.27. The predicted molar refractivity (Wildman–Crippen MR) is 87.3 cm³/mol. The zero-order valence-corrected chi connectivity index (χ0v) is 13.5. The summed E-state index contributed by atoms with van der Waals surface area (Å²) in [6.45, 7) is 4.14. The van der Waals surface area contributed by atoms with Crippen LogP contribution in [0.2, 0.25) is 0 Å². The Hall–Kier alpha value is -1.13. The number of nitrogens with zero attached hydrogens (tertiary/aromatic N) is 2. The van der Waals surface area contributed by atoms with E-state index < -0.39 is 0 Å². The van der Waals surface area contributed by atoms with Crippen LogP contribution in [-0.4, -0.2) is 44.2 Å². The fraction of sp³-hybridized carbons (Fsp3) is 0.647. The van der Waals surface area contributed by atoms with Crippen molar-refractivity contribution in [3.63, 3.8) is 0 Å². The lowest BCUT2D eigenvalue weighted by Crippen LogP contribution is -2.37. The molecule has 1 fully saturated rings. The fourth-order valence-electron chi connectivity index (χ4n) is 3.14. The lowest BCUT2D eigenvalue weighted by Gasteiger charge is -2.29. The molecule has 118 valence electrons. The predicted octanol–water partition coefficient (Wildman–Crippen LogP) is 2.64. The first-order valence-corrected chi connectivity index (χ1v) is 7.97. The summed E-state index contributed by atoms with van der Waals surface area (Å²) in [5.41, 5.74) is 7.78. The molecule has 21 heavy (non-hydrogen) atoms. The Labute approximate surface area is 127 Å². The highest BCUT2D eigenvalue weighted by molar-refractivity contribution is 5.54. The van der Waals surface area contributed by atoms with Gasteiger partial charge in [-0.15, -0.1) is 0 Å². The molecule has 0 spiro atoms. The van der Waals surface area contributed by atoms with Crippen molar-refractivity contribution in [2.45, 2.75) is 44.7 Å². The molecule has 1 aromatic carbocycles. The van der Waals surface area contributed by atoms with Crippen LogP contribution >= 0.6 is 0 Å². The molecule has 0 aliphatic carbocycles. The summed E-state index contributed by atoms with van der Waals surface area (Å²) in [6.07, 6.45) is 3.94. The van der Waals surface area contributed by atoms with E-state index in [2.05, 4.69) is 23.9 Å². The maximum atomic E-state index is 14.2. The summed E-state index contributed by atoms with van der Waals surface area (Å²) in [7, 11) is 4.23. The van der Waals surface area contributed by atoms with Gasteiger partial charge in [0.2, 0.25) is 0 Å². The van der Waals surface area contributed by atoms with Gasteiger partial charge in [-0.1, -0.05) is 13.0 Å². The zero-order chi connectivity index (χ0) is 15.4. The molecule has 1 heterocycles. The van der Waals surface area contributed by atoms with Gasteiger partial charge in [-0.25, -0.2) is 4.39 Å². The van der Waals surface area contributed by atoms with Crippen LogP contribution in [0.3, 0.4) is 0 Å². The molecule has 0 saturated carbocycles. The summed E-state index contributed by atoms with van der Waals surface area (Å²) in [5.74, 6) is -0.136. The van der Waals surface area contributed by atoms with E-state index in [4.69, 9.17) is 5.73 Å². The SMILES string of the molecule is CCC(N)Cc1c(F)cccc1N(C)CC1CCCN1C. The lowest BCUT2D eigenvalue weighted by atomic mass is 10.0. The number of hydrogen-bond acceptors (Lipinski definition) is 3. The molecule has 0 radical (unpaired) electrons. The van der Waals surface area contributed by atoms with Gasteiger partial charge in [-0.05, 0) is 51.4 Å².